The van der Waals surface area contributed by atoms with Crippen molar-refractivity contribution in [2.45, 2.75) is 119 Å². The molecule has 4 saturated heterocycles. The SMILES string of the molecule is COc1ccc(S(=O)(=O)N(CC(C)C)C[C@@H](O)[C@@H](CC(=O)O[C@H]2CO[C@H]3OCC(F)(F)[C@H]32)Cc2ccccc2)cc1.Cc1ccc(S(=O)(=O)N(CC(C)C)C[C@@H](O)[C@@H](CC(=O)O[C@H]2CO[C@H]3OCC(F)(F)[C@H]32)Cc2ccccc2)cc1. The van der Waals surface area contributed by atoms with Crippen molar-refractivity contribution in [1.29, 1.82) is 0 Å². The van der Waals surface area contributed by atoms with Crippen LogP contribution >= 0.6 is 0 Å². The lowest BCUT2D eigenvalue weighted by Crippen LogP contribution is -2.43. The van der Waals surface area contributed by atoms with Crippen molar-refractivity contribution >= 4 is 32.0 Å². The highest BCUT2D eigenvalue weighted by Crippen LogP contribution is 2.45. The molecule has 446 valence electrons. The van der Waals surface area contributed by atoms with Gasteiger partial charge in [0, 0.05) is 38.0 Å². The molecule has 0 unspecified atom stereocenters. The topological polar surface area (TPSA) is 214 Å². The summed E-state index contributed by atoms with van der Waals surface area (Å²) in [6.45, 7) is 7.07. The largest absolute Gasteiger partial charge is 0.497 e. The molecule has 4 fully saturated rings. The molecule has 4 aromatic carbocycles. The summed E-state index contributed by atoms with van der Waals surface area (Å²) in [6, 6.07) is 30.7. The second kappa shape index (κ2) is 27.5. The van der Waals surface area contributed by atoms with Gasteiger partial charge in [0.2, 0.25) is 20.0 Å². The summed E-state index contributed by atoms with van der Waals surface area (Å²) in [7, 11) is -6.47. The Morgan fingerprint density at radius 3 is 1.31 bits per heavy atom. The normalized spacial score (nSPS) is 23.6. The number of aryl methyl sites for hydroxylation is 1. The minimum absolute atomic E-state index is 0.0319. The number of alkyl halides is 4. The van der Waals surface area contributed by atoms with E-state index in [9.17, 15) is 54.2 Å². The second-order valence-electron chi connectivity index (χ2n) is 22.0. The van der Waals surface area contributed by atoms with E-state index < -0.39 is 118 Å². The van der Waals surface area contributed by atoms with Gasteiger partial charge in [-0.2, -0.15) is 8.61 Å². The first kappa shape index (κ1) is 63.5. The van der Waals surface area contributed by atoms with Crippen molar-refractivity contribution in [2.75, 3.05) is 59.7 Å². The molecule has 4 aromatic rings. The van der Waals surface area contributed by atoms with Crippen LogP contribution in [0.4, 0.5) is 17.6 Å². The Kier molecular flexibility index (Phi) is 21.6. The summed E-state index contributed by atoms with van der Waals surface area (Å²) in [4.78, 5) is 26.2. The van der Waals surface area contributed by atoms with E-state index >= 15 is 0 Å². The van der Waals surface area contributed by atoms with Gasteiger partial charge in [-0.1, -0.05) is 106 Å². The number of nitrogens with zero attached hydrogens (tertiary/aromatic N) is 2. The molecule has 10 atom stereocenters. The van der Waals surface area contributed by atoms with Crippen LogP contribution in [0.5, 0.6) is 5.75 Å². The zero-order chi connectivity index (χ0) is 58.9. The molecular weight excluding hydrogens is 1100 g/mol. The molecule has 4 heterocycles. The Morgan fingerprint density at radius 2 is 0.951 bits per heavy atom. The van der Waals surface area contributed by atoms with E-state index in [0.717, 1.165) is 16.7 Å². The quantitative estimate of drug-likeness (QED) is 0.0492. The lowest BCUT2D eigenvalue weighted by atomic mass is 9.90. The van der Waals surface area contributed by atoms with Crippen LogP contribution in [0.15, 0.2) is 119 Å². The van der Waals surface area contributed by atoms with Crippen LogP contribution in [0.1, 0.15) is 57.2 Å². The Labute approximate surface area is 471 Å². The van der Waals surface area contributed by atoms with Crippen LogP contribution < -0.4 is 4.74 Å². The smallest absolute Gasteiger partial charge is 0.306 e. The fourth-order valence-electron chi connectivity index (χ4n) is 10.4. The van der Waals surface area contributed by atoms with Gasteiger partial charge in [-0.3, -0.25) is 9.59 Å². The van der Waals surface area contributed by atoms with Crippen LogP contribution in [0, 0.1) is 42.4 Å². The minimum atomic E-state index is -4.00. The Balaban J connectivity index is 0.000000234. The van der Waals surface area contributed by atoms with E-state index in [2.05, 4.69) is 0 Å². The highest BCUT2D eigenvalue weighted by molar-refractivity contribution is 7.89. The third-order valence-electron chi connectivity index (χ3n) is 14.6. The van der Waals surface area contributed by atoms with E-state index in [1.165, 1.54) is 40.0 Å². The predicted molar refractivity (Wildman–Crippen MR) is 288 cm³/mol. The van der Waals surface area contributed by atoms with Gasteiger partial charge >= 0.3 is 11.9 Å². The average Bonchev–Trinajstić information content (AvgIpc) is 4.29. The monoisotopic (exact) mass is 1180 g/mol. The number of carbonyl (C=O) groups excluding carboxylic acids is 2. The molecule has 23 heteroatoms. The van der Waals surface area contributed by atoms with Crippen LogP contribution in [0.2, 0.25) is 0 Å². The van der Waals surface area contributed by atoms with Gasteiger partial charge < -0.3 is 43.4 Å². The third-order valence-corrected chi connectivity index (χ3v) is 18.3. The average molecular weight is 1180 g/mol. The number of hydrogen-bond acceptors (Lipinski definition) is 15. The molecule has 8 rings (SSSR count). The standard InChI is InChI=1S/C29H37F2NO8S.C29H37F2NO7S/c1-19(2)15-32(41(35,36)23-11-9-22(37-3)10-12-23)16-24(33)21(13-20-7-5-4-6-8-20)14-26(34)40-25-17-38-28-27(25)29(30,31)18-39-28;1-19(2)15-32(40(35,36)23-11-9-20(3)10-12-23)16-24(33)22(13-21-7-5-4-6-8-21)14-26(34)39-25-17-37-28-27(25)29(30,31)18-38-28/h4-12,19,21,24-25,27-28,33H,13-18H2,1-3H3;4-12,19,22,24-25,27-28,33H,13-18H2,1-3H3/t21-,24-,25+,27+,28+;22-,24-,25+,27+,28+/m11/s1. The molecule has 0 spiro atoms. The van der Waals surface area contributed by atoms with E-state index in [1.807, 2.05) is 95.3 Å². The van der Waals surface area contributed by atoms with Gasteiger partial charge in [-0.25, -0.2) is 34.4 Å². The highest BCUT2D eigenvalue weighted by Gasteiger charge is 2.62. The zero-order valence-corrected chi connectivity index (χ0v) is 47.9. The van der Waals surface area contributed by atoms with Crippen molar-refractivity contribution in [1.82, 2.24) is 8.61 Å². The molecule has 0 aliphatic carbocycles. The van der Waals surface area contributed by atoms with Crippen LogP contribution in [-0.4, -0.2) is 156 Å². The highest BCUT2D eigenvalue weighted by atomic mass is 32.2. The molecule has 0 aromatic heterocycles. The van der Waals surface area contributed by atoms with Crippen molar-refractivity contribution in [2.24, 2.45) is 35.5 Å². The summed E-state index contributed by atoms with van der Waals surface area (Å²) in [5, 5.41) is 22.8. The minimum Gasteiger partial charge on any atom is -0.497 e. The van der Waals surface area contributed by atoms with Crippen LogP contribution in [0.3, 0.4) is 0 Å². The molecule has 0 amide bonds. The zero-order valence-electron chi connectivity index (χ0n) is 46.2. The first-order valence-corrected chi connectivity index (χ1v) is 29.9. The van der Waals surface area contributed by atoms with E-state index in [0.29, 0.717) is 5.75 Å². The van der Waals surface area contributed by atoms with E-state index in [1.54, 1.807) is 24.3 Å². The lowest BCUT2D eigenvalue weighted by Gasteiger charge is -2.30. The van der Waals surface area contributed by atoms with E-state index in [4.69, 9.17) is 33.2 Å². The number of fused-ring (bicyclic) bond motifs is 2. The predicted octanol–water partition coefficient (Wildman–Crippen LogP) is 7.30. The maximum Gasteiger partial charge on any atom is 0.306 e. The van der Waals surface area contributed by atoms with Gasteiger partial charge in [0.15, 0.2) is 12.6 Å². The number of esters is 2. The molecule has 0 saturated carbocycles. The van der Waals surface area contributed by atoms with E-state index in [-0.39, 0.29) is 86.7 Å². The number of aliphatic hydroxyl groups excluding tert-OH is 2. The van der Waals surface area contributed by atoms with Gasteiger partial charge in [0.05, 0.1) is 55.2 Å². The number of sulfonamides is 2. The number of ether oxygens (including phenoxy) is 7. The third kappa shape index (κ3) is 16.6. The molecule has 0 radical (unpaired) electrons. The number of halogens is 4. The summed E-state index contributed by atoms with van der Waals surface area (Å²) < 4.78 is 150. The Bertz CT molecular complexity index is 2890. The number of hydrogen-bond donors (Lipinski definition) is 2. The molecule has 2 N–H and O–H groups in total. The molecule has 4 aliphatic heterocycles. The number of aliphatic hydroxyl groups is 2. The van der Waals surface area contributed by atoms with Gasteiger partial charge in [0.25, 0.3) is 11.8 Å². The number of benzene rings is 4. The Hall–Kier alpha value is -5.08. The van der Waals surface area contributed by atoms with Crippen molar-refractivity contribution in [3.05, 3.63) is 126 Å². The number of methoxy groups -OCH3 is 1. The van der Waals surface area contributed by atoms with Gasteiger partial charge in [-0.05, 0) is 79.1 Å². The maximum absolute atomic E-state index is 14.3. The lowest BCUT2D eigenvalue weighted by molar-refractivity contribution is -0.160. The van der Waals surface area contributed by atoms with Crippen LogP contribution in [-0.2, 0) is 70.9 Å². The summed E-state index contributed by atoms with van der Waals surface area (Å²) >= 11 is 0. The molecule has 81 heavy (non-hydrogen) atoms. The molecular formula is C58H74F4N2O15S2. The molecule has 17 nitrogen and oxygen atoms in total. The molecule has 0 bridgehead atoms. The summed E-state index contributed by atoms with van der Waals surface area (Å²) in [5.41, 5.74) is 2.56. The fourth-order valence-corrected chi connectivity index (χ4v) is 13.6. The van der Waals surface area contributed by atoms with Crippen LogP contribution in [0.25, 0.3) is 0 Å². The summed E-state index contributed by atoms with van der Waals surface area (Å²) in [6.07, 6.45) is -7.25. The molecule has 4 aliphatic rings. The maximum atomic E-state index is 14.3. The number of rotatable bonds is 25. The van der Waals surface area contributed by atoms with Gasteiger partial charge in [0.1, 0.15) is 43.0 Å². The number of carbonyl (C=O) groups is 2. The fraction of sp³-hybridized carbons (Fsp3) is 0.552. The van der Waals surface area contributed by atoms with Gasteiger partial charge in [-0.15, -0.1) is 0 Å². The second-order valence-corrected chi connectivity index (χ2v) is 25.9. The van der Waals surface area contributed by atoms with Crippen molar-refractivity contribution in [3.8, 4) is 5.75 Å². The summed E-state index contributed by atoms with van der Waals surface area (Å²) in [5.74, 6) is -11.8. The Morgan fingerprint density at radius 1 is 0.580 bits per heavy atom. The first-order chi connectivity index (χ1) is 38.3. The van der Waals surface area contributed by atoms with Crippen molar-refractivity contribution < 1.29 is 87.4 Å². The first-order valence-electron chi connectivity index (χ1n) is 27.0. The van der Waals surface area contributed by atoms with Crippen molar-refractivity contribution in [3.63, 3.8) is 0 Å².